The van der Waals surface area contributed by atoms with Gasteiger partial charge in [0, 0.05) is 31.1 Å². The molecule has 0 aromatic carbocycles. The normalized spacial score (nSPS) is 24.5. The number of aliphatic hydroxyl groups excluding tert-OH is 1. The standard InChI is InChI=1S/C14H22N2O2S/c1-15(2)13-4-3-11(9-17)7-16(8-13)14(18)12-5-6-19-10-12/h5-6,10-11,13,17H,3-4,7-9H2,1-2H3/t11-,13+/m0/s1. The van der Waals surface area contributed by atoms with Gasteiger partial charge in [-0.2, -0.15) is 11.3 Å². The molecule has 5 heteroatoms. The lowest BCUT2D eigenvalue weighted by Crippen LogP contribution is -2.42. The minimum atomic E-state index is 0.0912. The number of thiophene rings is 1. The van der Waals surface area contributed by atoms with Crippen molar-refractivity contribution in [3.8, 4) is 0 Å². The highest BCUT2D eigenvalue weighted by molar-refractivity contribution is 7.08. The Kier molecular flexibility index (Phi) is 4.96. The van der Waals surface area contributed by atoms with E-state index in [2.05, 4.69) is 19.0 Å². The van der Waals surface area contributed by atoms with Gasteiger partial charge in [-0.3, -0.25) is 4.79 Å². The lowest BCUT2D eigenvalue weighted by molar-refractivity contribution is 0.0690. The van der Waals surface area contributed by atoms with Gasteiger partial charge in [-0.15, -0.1) is 0 Å². The highest BCUT2D eigenvalue weighted by atomic mass is 32.1. The lowest BCUT2D eigenvalue weighted by atomic mass is 10.0. The number of aliphatic hydroxyl groups is 1. The van der Waals surface area contributed by atoms with Crippen LogP contribution >= 0.6 is 11.3 Å². The molecule has 0 spiro atoms. The van der Waals surface area contributed by atoms with Crippen molar-refractivity contribution in [1.82, 2.24) is 9.80 Å². The number of hydrogen-bond donors (Lipinski definition) is 1. The van der Waals surface area contributed by atoms with E-state index in [1.807, 2.05) is 21.7 Å². The van der Waals surface area contributed by atoms with Crippen molar-refractivity contribution in [2.45, 2.75) is 18.9 Å². The summed E-state index contributed by atoms with van der Waals surface area (Å²) in [5.74, 6) is 0.293. The summed E-state index contributed by atoms with van der Waals surface area (Å²) in [4.78, 5) is 16.6. The van der Waals surface area contributed by atoms with Crippen LogP contribution in [0.4, 0.5) is 0 Å². The van der Waals surface area contributed by atoms with Gasteiger partial charge >= 0.3 is 0 Å². The predicted octanol–water partition coefficient (Wildman–Crippen LogP) is 1.52. The Morgan fingerprint density at radius 3 is 2.84 bits per heavy atom. The highest BCUT2D eigenvalue weighted by Gasteiger charge is 2.28. The summed E-state index contributed by atoms with van der Waals surface area (Å²) in [6, 6.07) is 2.25. The van der Waals surface area contributed by atoms with E-state index < -0.39 is 0 Å². The molecule has 1 aromatic rings. The number of likely N-dealkylation sites (N-methyl/N-ethyl adjacent to an activating group) is 1. The minimum Gasteiger partial charge on any atom is -0.396 e. The van der Waals surface area contributed by atoms with Gasteiger partial charge in [0.2, 0.25) is 0 Å². The monoisotopic (exact) mass is 282 g/mol. The van der Waals surface area contributed by atoms with E-state index in [4.69, 9.17) is 0 Å². The van der Waals surface area contributed by atoms with E-state index in [9.17, 15) is 9.90 Å². The van der Waals surface area contributed by atoms with Gasteiger partial charge in [0.15, 0.2) is 0 Å². The second-order valence-electron chi connectivity index (χ2n) is 5.47. The molecule has 1 saturated heterocycles. The van der Waals surface area contributed by atoms with Crippen LogP contribution in [0.2, 0.25) is 0 Å². The van der Waals surface area contributed by atoms with Crippen molar-refractivity contribution in [3.63, 3.8) is 0 Å². The zero-order chi connectivity index (χ0) is 13.8. The molecule has 4 nitrogen and oxygen atoms in total. The Labute approximate surface area is 118 Å². The van der Waals surface area contributed by atoms with Crippen LogP contribution in [0.3, 0.4) is 0 Å². The fourth-order valence-corrected chi connectivity index (χ4v) is 3.19. The fourth-order valence-electron chi connectivity index (χ4n) is 2.56. The van der Waals surface area contributed by atoms with Crippen molar-refractivity contribution in [2.24, 2.45) is 5.92 Å². The third-order valence-electron chi connectivity index (χ3n) is 3.86. The van der Waals surface area contributed by atoms with Crippen LogP contribution in [-0.2, 0) is 0 Å². The molecule has 2 atom stereocenters. The maximum absolute atomic E-state index is 12.5. The quantitative estimate of drug-likeness (QED) is 0.914. The molecule has 0 radical (unpaired) electrons. The molecule has 1 aromatic heterocycles. The Hall–Kier alpha value is -0.910. The highest BCUT2D eigenvalue weighted by Crippen LogP contribution is 2.21. The number of hydrogen-bond acceptors (Lipinski definition) is 4. The first-order chi connectivity index (χ1) is 9.11. The van der Waals surface area contributed by atoms with E-state index >= 15 is 0 Å². The molecule has 2 rings (SSSR count). The minimum absolute atomic E-state index is 0.0912. The maximum Gasteiger partial charge on any atom is 0.254 e. The Balaban J connectivity index is 2.13. The van der Waals surface area contributed by atoms with Crippen LogP contribution in [0.1, 0.15) is 23.2 Å². The summed E-state index contributed by atoms with van der Waals surface area (Å²) in [5, 5.41) is 13.2. The summed E-state index contributed by atoms with van der Waals surface area (Å²) in [5.41, 5.74) is 0.765. The van der Waals surface area contributed by atoms with Gasteiger partial charge in [-0.05, 0) is 44.3 Å². The maximum atomic E-state index is 12.5. The second kappa shape index (κ2) is 6.50. The third kappa shape index (κ3) is 3.55. The fraction of sp³-hybridized carbons (Fsp3) is 0.643. The lowest BCUT2D eigenvalue weighted by Gasteiger charge is -2.28. The first kappa shape index (κ1) is 14.5. The van der Waals surface area contributed by atoms with Gasteiger partial charge < -0.3 is 14.9 Å². The molecule has 2 heterocycles. The molecule has 0 unspecified atom stereocenters. The second-order valence-corrected chi connectivity index (χ2v) is 6.25. The van der Waals surface area contributed by atoms with Crippen molar-refractivity contribution in [3.05, 3.63) is 22.4 Å². The Morgan fingerprint density at radius 2 is 2.26 bits per heavy atom. The molecule has 19 heavy (non-hydrogen) atoms. The first-order valence-electron chi connectivity index (χ1n) is 6.70. The number of carbonyl (C=O) groups excluding carboxylic acids is 1. The van der Waals surface area contributed by atoms with Crippen LogP contribution in [0, 0.1) is 5.92 Å². The number of carbonyl (C=O) groups is 1. The van der Waals surface area contributed by atoms with Crippen molar-refractivity contribution in [2.75, 3.05) is 33.8 Å². The molecule has 1 amide bonds. The van der Waals surface area contributed by atoms with Crippen molar-refractivity contribution in [1.29, 1.82) is 0 Å². The molecule has 1 aliphatic heterocycles. The van der Waals surface area contributed by atoms with Gasteiger partial charge in [0.05, 0.1) is 5.56 Å². The van der Waals surface area contributed by atoms with Crippen molar-refractivity contribution < 1.29 is 9.90 Å². The topological polar surface area (TPSA) is 43.8 Å². The Bertz CT molecular complexity index is 406. The average Bonchev–Trinajstić information content (AvgIpc) is 2.83. The van der Waals surface area contributed by atoms with Crippen LogP contribution in [0.5, 0.6) is 0 Å². The summed E-state index contributed by atoms with van der Waals surface area (Å²) in [7, 11) is 4.11. The number of likely N-dealkylation sites (tertiary alicyclic amines) is 1. The molecular formula is C14H22N2O2S. The van der Waals surface area contributed by atoms with Gasteiger partial charge in [0.1, 0.15) is 0 Å². The average molecular weight is 282 g/mol. The summed E-state index contributed by atoms with van der Waals surface area (Å²) in [6.07, 6.45) is 2.01. The molecule has 1 fully saturated rings. The van der Waals surface area contributed by atoms with E-state index in [0.717, 1.165) is 24.9 Å². The molecule has 0 bridgehead atoms. The van der Waals surface area contributed by atoms with Crippen LogP contribution in [-0.4, -0.2) is 60.6 Å². The number of amides is 1. The van der Waals surface area contributed by atoms with E-state index in [1.165, 1.54) is 0 Å². The third-order valence-corrected chi connectivity index (χ3v) is 4.54. The number of rotatable bonds is 3. The van der Waals surface area contributed by atoms with Gasteiger partial charge in [-0.1, -0.05) is 0 Å². The Morgan fingerprint density at radius 1 is 1.47 bits per heavy atom. The molecule has 0 saturated carbocycles. The van der Waals surface area contributed by atoms with E-state index in [-0.39, 0.29) is 18.4 Å². The first-order valence-corrected chi connectivity index (χ1v) is 7.65. The van der Waals surface area contributed by atoms with E-state index in [1.54, 1.807) is 11.3 Å². The predicted molar refractivity (Wildman–Crippen MR) is 77.5 cm³/mol. The van der Waals surface area contributed by atoms with Gasteiger partial charge in [0.25, 0.3) is 5.91 Å². The smallest absolute Gasteiger partial charge is 0.254 e. The van der Waals surface area contributed by atoms with Crippen LogP contribution < -0.4 is 0 Å². The van der Waals surface area contributed by atoms with Crippen LogP contribution in [0.25, 0.3) is 0 Å². The van der Waals surface area contributed by atoms with Crippen LogP contribution in [0.15, 0.2) is 16.8 Å². The zero-order valence-electron chi connectivity index (χ0n) is 11.6. The molecule has 1 aliphatic rings. The summed E-state index contributed by atoms with van der Waals surface area (Å²) in [6.45, 7) is 1.57. The molecule has 0 aliphatic carbocycles. The largest absolute Gasteiger partial charge is 0.396 e. The molecule has 106 valence electrons. The van der Waals surface area contributed by atoms with E-state index in [0.29, 0.717) is 12.6 Å². The van der Waals surface area contributed by atoms with Crippen molar-refractivity contribution >= 4 is 17.2 Å². The summed E-state index contributed by atoms with van der Waals surface area (Å²) >= 11 is 1.54. The molecular weight excluding hydrogens is 260 g/mol. The number of nitrogens with zero attached hydrogens (tertiary/aromatic N) is 2. The molecule has 1 N–H and O–H groups in total. The SMILES string of the molecule is CN(C)[C@@H]1CC[C@H](CO)CN(C(=O)c2ccsc2)C1. The summed E-state index contributed by atoms with van der Waals surface area (Å²) < 4.78 is 0. The van der Waals surface area contributed by atoms with Gasteiger partial charge in [-0.25, -0.2) is 0 Å². The zero-order valence-corrected chi connectivity index (χ0v) is 12.4.